The van der Waals surface area contributed by atoms with Crippen molar-refractivity contribution in [3.8, 4) is 0 Å². The van der Waals surface area contributed by atoms with Crippen LogP contribution in [-0.2, 0) is 4.79 Å². The number of carbonyl (C=O) groups excluding carboxylic acids is 1. The van der Waals surface area contributed by atoms with E-state index in [-0.39, 0.29) is 5.82 Å². The topological polar surface area (TPSA) is 55.1 Å². The number of rotatable bonds is 3. The number of nitrogens with one attached hydrogen (secondary N) is 1. The molecule has 0 fully saturated rings. The van der Waals surface area contributed by atoms with Crippen LogP contribution in [0.4, 0.5) is 10.1 Å². The Bertz CT molecular complexity index is 314. The lowest BCUT2D eigenvalue weighted by molar-refractivity contribution is -0.118. The zero-order valence-corrected chi connectivity index (χ0v) is 7.25. The first kappa shape index (κ1) is 9.51. The van der Waals surface area contributed by atoms with E-state index < -0.39 is 11.9 Å². The number of benzene rings is 1. The Morgan fingerprint density at radius 3 is 2.85 bits per heavy atom. The van der Waals surface area contributed by atoms with Gasteiger partial charge in [-0.25, -0.2) is 4.39 Å². The maximum absolute atomic E-state index is 12.7. The number of primary amides is 1. The van der Waals surface area contributed by atoms with Crippen LogP contribution in [0, 0.1) is 5.82 Å². The predicted molar refractivity (Wildman–Crippen MR) is 48.7 cm³/mol. The highest BCUT2D eigenvalue weighted by molar-refractivity contribution is 5.82. The third-order valence-electron chi connectivity index (χ3n) is 1.63. The van der Waals surface area contributed by atoms with E-state index in [1.807, 2.05) is 0 Å². The molecule has 1 rings (SSSR count). The highest BCUT2D eigenvalue weighted by Gasteiger charge is 2.07. The average Bonchev–Trinajstić information content (AvgIpc) is 2.04. The van der Waals surface area contributed by atoms with Gasteiger partial charge in [0, 0.05) is 5.69 Å². The van der Waals surface area contributed by atoms with Crippen molar-refractivity contribution >= 4 is 11.6 Å². The Morgan fingerprint density at radius 2 is 2.31 bits per heavy atom. The van der Waals surface area contributed by atoms with Crippen LogP contribution in [0.3, 0.4) is 0 Å². The molecule has 4 heteroatoms. The first-order valence-corrected chi connectivity index (χ1v) is 3.91. The molecule has 3 nitrogen and oxygen atoms in total. The normalized spacial score (nSPS) is 12.2. The van der Waals surface area contributed by atoms with Gasteiger partial charge in [-0.15, -0.1) is 0 Å². The molecule has 1 aromatic carbocycles. The number of hydrogen-bond acceptors (Lipinski definition) is 2. The first-order chi connectivity index (χ1) is 6.09. The van der Waals surface area contributed by atoms with Crippen LogP contribution in [0.5, 0.6) is 0 Å². The van der Waals surface area contributed by atoms with Crippen molar-refractivity contribution in [3.63, 3.8) is 0 Å². The smallest absolute Gasteiger partial charge is 0.239 e. The molecule has 0 saturated heterocycles. The van der Waals surface area contributed by atoms with Gasteiger partial charge in [-0.2, -0.15) is 0 Å². The van der Waals surface area contributed by atoms with E-state index in [9.17, 15) is 9.18 Å². The predicted octanol–water partition coefficient (Wildman–Crippen LogP) is 1.11. The molecule has 70 valence electrons. The molecule has 1 aromatic rings. The third kappa shape index (κ3) is 2.74. The molecule has 0 saturated carbocycles. The monoisotopic (exact) mass is 182 g/mol. The van der Waals surface area contributed by atoms with Crippen LogP contribution in [-0.4, -0.2) is 11.9 Å². The highest BCUT2D eigenvalue weighted by atomic mass is 19.1. The summed E-state index contributed by atoms with van der Waals surface area (Å²) in [7, 11) is 0. The van der Waals surface area contributed by atoms with E-state index in [1.165, 1.54) is 12.1 Å². The van der Waals surface area contributed by atoms with Crippen molar-refractivity contribution < 1.29 is 9.18 Å². The van der Waals surface area contributed by atoms with Crippen molar-refractivity contribution in [2.45, 2.75) is 13.0 Å². The molecule has 0 heterocycles. The standard InChI is InChI=1S/C9H11FN2O/c1-6(9(11)13)12-8-4-2-3-7(10)5-8/h2-6,12H,1H3,(H2,11,13)/t6-/m0/s1. The summed E-state index contributed by atoms with van der Waals surface area (Å²) in [4.78, 5) is 10.7. The Balaban J connectivity index is 2.69. The van der Waals surface area contributed by atoms with Gasteiger partial charge in [0.15, 0.2) is 0 Å². The Labute approximate surface area is 75.7 Å². The van der Waals surface area contributed by atoms with Crippen LogP contribution in [0.25, 0.3) is 0 Å². The lowest BCUT2D eigenvalue weighted by atomic mass is 10.2. The van der Waals surface area contributed by atoms with Gasteiger partial charge in [0.05, 0.1) is 0 Å². The molecule has 0 spiro atoms. The zero-order valence-electron chi connectivity index (χ0n) is 7.25. The van der Waals surface area contributed by atoms with E-state index in [2.05, 4.69) is 5.32 Å². The maximum atomic E-state index is 12.7. The van der Waals surface area contributed by atoms with Gasteiger partial charge in [0.2, 0.25) is 5.91 Å². The van der Waals surface area contributed by atoms with Gasteiger partial charge in [0.1, 0.15) is 11.9 Å². The largest absolute Gasteiger partial charge is 0.374 e. The summed E-state index contributed by atoms with van der Waals surface area (Å²) in [5.74, 6) is -0.814. The van der Waals surface area contributed by atoms with Gasteiger partial charge in [-0.3, -0.25) is 4.79 Å². The minimum absolute atomic E-state index is 0.346. The molecule has 3 N–H and O–H groups in total. The molecule has 0 aliphatic carbocycles. The van der Waals surface area contributed by atoms with E-state index in [0.29, 0.717) is 5.69 Å². The quantitative estimate of drug-likeness (QED) is 0.735. The van der Waals surface area contributed by atoms with E-state index in [4.69, 9.17) is 5.73 Å². The van der Waals surface area contributed by atoms with Crippen LogP contribution in [0.2, 0.25) is 0 Å². The van der Waals surface area contributed by atoms with Gasteiger partial charge < -0.3 is 11.1 Å². The summed E-state index contributed by atoms with van der Waals surface area (Å²) in [6.07, 6.45) is 0. The van der Waals surface area contributed by atoms with Gasteiger partial charge in [-0.1, -0.05) is 6.07 Å². The Kier molecular flexibility index (Phi) is 2.84. The lowest BCUT2D eigenvalue weighted by Crippen LogP contribution is -2.32. The number of nitrogens with two attached hydrogens (primary N) is 1. The molecule has 0 bridgehead atoms. The summed E-state index contributed by atoms with van der Waals surface area (Å²) >= 11 is 0. The van der Waals surface area contributed by atoms with Crippen molar-refractivity contribution in [3.05, 3.63) is 30.1 Å². The molecule has 0 radical (unpaired) electrons. The van der Waals surface area contributed by atoms with Crippen molar-refractivity contribution in [1.29, 1.82) is 0 Å². The second-order valence-electron chi connectivity index (χ2n) is 2.78. The second kappa shape index (κ2) is 3.89. The highest BCUT2D eigenvalue weighted by Crippen LogP contribution is 2.09. The summed E-state index contributed by atoms with van der Waals surface area (Å²) in [6.45, 7) is 1.62. The number of amides is 1. The SMILES string of the molecule is C[C@H](Nc1cccc(F)c1)C(N)=O. The molecular weight excluding hydrogens is 171 g/mol. The average molecular weight is 182 g/mol. The van der Waals surface area contributed by atoms with Crippen molar-refractivity contribution in [2.24, 2.45) is 5.73 Å². The fraction of sp³-hybridized carbons (Fsp3) is 0.222. The summed E-state index contributed by atoms with van der Waals surface area (Å²) in [5, 5.41) is 2.77. The molecule has 13 heavy (non-hydrogen) atoms. The number of halogens is 1. The van der Waals surface area contributed by atoms with Crippen LogP contribution < -0.4 is 11.1 Å². The molecule has 1 atom stereocenters. The number of carbonyl (C=O) groups is 1. The van der Waals surface area contributed by atoms with Gasteiger partial charge in [-0.05, 0) is 25.1 Å². The molecular formula is C9H11FN2O. The molecule has 0 aliphatic rings. The van der Waals surface area contributed by atoms with Gasteiger partial charge in [0.25, 0.3) is 0 Å². The first-order valence-electron chi connectivity index (χ1n) is 3.91. The fourth-order valence-electron chi connectivity index (χ4n) is 0.899. The summed E-state index contributed by atoms with van der Waals surface area (Å²) in [5.41, 5.74) is 5.57. The van der Waals surface area contributed by atoms with E-state index in [1.54, 1.807) is 19.1 Å². The summed E-state index contributed by atoms with van der Waals surface area (Å²) < 4.78 is 12.7. The van der Waals surface area contributed by atoms with E-state index in [0.717, 1.165) is 0 Å². The third-order valence-corrected chi connectivity index (χ3v) is 1.63. The van der Waals surface area contributed by atoms with Crippen LogP contribution in [0.1, 0.15) is 6.92 Å². The zero-order chi connectivity index (χ0) is 9.84. The molecule has 0 aromatic heterocycles. The minimum Gasteiger partial charge on any atom is -0.374 e. The van der Waals surface area contributed by atoms with Crippen molar-refractivity contribution in [1.82, 2.24) is 0 Å². The second-order valence-corrected chi connectivity index (χ2v) is 2.78. The number of anilines is 1. The van der Waals surface area contributed by atoms with Crippen LogP contribution in [0.15, 0.2) is 24.3 Å². The number of hydrogen-bond donors (Lipinski definition) is 2. The van der Waals surface area contributed by atoms with Crippen LogP contribution >= 0.6 is 0 Å². The minimum atomic E-state index is -0.498. The molecule has 1 amide bonds. The molecule has 0 aliphatic heterocycles. The Hall–Kier alpha value is -1.58. The van der Waals surface area contributed by atoms with E-state index >= 15 is 0 Å². The van der Waals surface area contributed by atoms with Crippen molar-refractivity contribution in [2.75, 3.05) is 5.32 Å². The maximum Gasteiger partial charge on any atom is 0.239 e. The van der Waals surface area contributed by atoms with Gasteiger partial charge >= 0.3 is 0 Å². The molecule has 0 unspecified atom stereocenters. The summed E-state index contributed by atoms with van der Waals surface area (Å²) in [6, 6.07) is 5.37. The fourth-order valence-corrected chi connectivity index (χ4v) is 0.899. The lowest BCUT2D eigenvalue weighted by Gasteiger charge is -2.10. The Morgan fingerprint density at radius 1 is 1.62 bits per heavy atom.